The number of rotatable bonds is 4. The third-order valence-electron chi connectivity index (χ3n) is 2.76. The number of nitrogens with one attached hydrogen (secondary N) is 1. The van der Waals surface area contributed by atoms with E-state index in [0.29, 0.717) is 11.0 Å². The Bertz CT molecular complexity index is 707. The van der Waals surface area contributed by atoms with E-state index in [-0.39, 0.29) is 5.69 Å². The van der Waals surface area contributed by atoms with E-state index in [1.165, 1.54) is 23.9 Å². The van der Waals surface area contributed by atoms with E-state index < -0.39 is 34.7 Å². The molecule has 0 aliphatic rings. The first kappa shape index (κ1) is 15.2. The number of carboxylic acids is 1. The number of carbonyl (C=O) groups is 1. The number of benzene rings is 2. The van der Waals surface area contributed by atoms with E-state index in [2.05, 4.69) is 5.32 Å². The fourth-order valence-corrected chi connectivity index (χ4v) is 2.14. The molecule has 0 aliphatic carbocycles. The summed E-state index contributed by atoms with van der Waals surface area (Å²) >= 11 is 1.32. The van der Waals surface area contributed by atoms with Gasteiger partial charge in [-0.3, -0.25) is 0 Å². The lowest BCUT2D eigenvalue weighted by molar-refractivity contribution is 0.0697. The standard InChI is InChI=1S/C14H10F3NO2S/c1-21-7-2-5-11(10(16)6-7)18-13-8(14(19)20)3-4-9(15)12(13)17/h2-6,18H,1H3,(H,19,20). The van der Waals surface area contributed by atoms with Crippen molar-refractivity contribution >= 4 is 29.1 Å². The van der Waals surface area contributed by atoms with Crippen LogP contribution in [0.5, 0.6) is 0 Å². The maximum Gasteiger partial charge on any atom is 0.337 e. The van der Waals surface area contributed by atoms with E-state index in [9.17, 15) is 18.0 Å². The van der Waals surface area contributed by atoms with Crippen LogP contribution in [0.15, 0.2) is 35.2 Å². The van der Waals surface area contributed by atoms with Crippen LogP contribution in [0.2, 0.25) is 0 Å². The Kier molecular flexibility index (Phi) is 4.42. The summed E-state index contributed by atoms with van der Waals surface area (Å²) in [5.74, 6) is -4.73. The van der Waals surface area contributed by atoms with Crippen molar-refractivity contribution in [2.24, 2.45) is 0 Å². The first-order valence-corrected chi connectivity index (χ1v) is 6.98. The smallest absolute Gasteiger partial charge is 0.337 e. The summed E-state index contributed by atoms with van der Waals surface area (Å²) < 4.78 is 40.8. The normalized spacial score (nSPS) is 10.5. The number of hydrogen-bond acceptors (Lipinski definition) is 3. The minimum absolute atomic E-state index is 0.139. The van der Waals surface area contributed by atoms with Crippen molar-refractivity contribution in [1.82, 2.24) is 0 Å². The van der Waals surface area contributed by atoms with Crippen LogP contribution in [0.25, 0.3) is 0 Å². The zero-order valence-electron chi connectivity index (χ0n) is 10.8. The van der Waals surface area contributed by atoms with Crippen molar-refractivity contribution in [3.63, 3.8) is 0 Å². The van der Waals surface area contributed by atoms with Crippen LogP contribution in [-0.4, -0.2) is 17.3 Å². The average molecular weight is 313 g/mol. The summed E-state index contributed by atoms with van der Waals surface area (Å²) in [6.07, 6.45) is 1.76. The number of carboxylic acid groups (broad SMARTS) is 1. The minimum atomic E-state index is -1.45. The highest BCUT2D eigenvalue weighted by Crippen LogP contribution is 2.29. The fourth-order valence-electron chi connectivity index (χ4n) is 1.71. The van der Waals surface area contributed by atoms with Gasteiger partial charge >= 0.3 is 5.97 Å². The second kappa shape index (κ2) is 6.09. The van der Waals surface area contributed by atoms with Crippen LogP contribution < -0.4 is 5.32 Å². The van der Waals surface area contributed by atoms with Gasteiger partial charge in [0, 0.05) is 4.90 Å². The van der Waals surface area contributed by atoms with Gasteiger partial charge in [0.15, 0.2) is 11.6 Å². The Morgan fingerprint density at radius 1 is 1.14 bits per heavy atom. The maximum atomic E-state index is 13.8. The Morgan fingerprint density at radius 3 is 2.43 bits per heavy atom. The summed E-state index contributed by atoms with van der Waals surface area (Å²) in [5, 5.41) is 11.3. The van der Waals surface area contributed by atoms with Crippen molar-refractivity contribution in [3.05, 3.63) is 53.3 Å². The van der Waals surface area contributed by atoms with Crippen LogP contribution in [0.1, 0.15) is 10.4 Å². The lowest BCUT2D eigenvalue weighted by Gasteiger charge is -2.12. The zero-order valence-corrected chi connectivity index (χ0v) is 11.6. The average Bonchev–Trinajstić information content (AvgIpc) is 2.45. The minimum Gasteiger partial charge on any atom is -0.478 e. The molecule has 7 heteroatoms. The number of aromatic carboxylic acids is 1. The molecule has 0 aliphatic heterocycles. The second-order valence-electron chi connectivity index (χ2n) is 4.06. The molecule has 2 aromatic rings. The molecule has 0 fully saturated rings. The molecule has 0 atom stereocenters. The third-order valence-corrected chi connectivity index (χ3v) is 3.49. The van der Waals surface area contributed by atoms with Crippen molar-refractivity contribution in [2.45, 2.75) is 4.90 Å². The molecule has 2 rings (SSSR count). The van der Waals surface area contributed by atoms with Crippen molar-refractivity contribution in [3.8, 4) is 0 Å². The molecule has 0 radical (unpaired) electrons. The third kappa shape index (κ3) is 3.13. The molecule has 0 amide bonds. The fraction of sp³-hybridized carbons (Fsp3) is 0.0714. The Morgan fingerprint density at radius 2 is 1.86 bits per heavy atom. The van der Waals surface area contributed by atoms with Crippen molar-refractivity contribution in [1.29, 1.82) is 0 Å². The Balaban J connectivity index is 2.48. The van der Waals surface area contributed by atoms with Gasteiger partial charge in [-0.05, 0) is 36.6 Å². The van der Waals surface area contributed by atoms with Crippen LogP contribution >= 0.6 is 11.8 Å². The molecular formula is C14H10F3NO2S. The van der Waals surface area contributed by atoms with Gasteiger partial charge in [0.1, 0.15) is 5.82 Å². The van der Waals surface area contributed by atoms with Crippen LogP contribution in [0, 0.1) is 17.5 Å². The summed E-state index contributed by atoms with van der Waals surface area (Å²) in [4.78, 5) is 11.7. The quantitative estimate of drug-likeness (QED) is 0.828. The highest BCUT2D eigenvalue weighted by atomic mass is 32.2. The second-order valence-corrected chi connectivity index (χ2v) is 4.94. The SMILES string of the molecule is CSc1ccc(Nc2c(C(=O)O)ccc(F)c2F)c(F)c1. The van der Waals surface area contributed by atoms with Crippen LogP contribution in [-0.2, 0) is 0 Å². The predicted molar refractivity (Wildman–Crippen MR) is 74.8 cm³/mol. The van der Waals surface area contributed by atoms with Crippen molar-refractivity contribution in [2.75, 3.05) is 11.6 Å². The van der Waals surface area contributed by atoms with Gasteiger partial charge in [-0.25, -0.2) is 18.0 Å². The van der Waals surface area contributed by atoms with E-state index in [4.69, 9.17) is 5.11 Å². The predicted octanol–water partition coefficient (Wildman–Crippen LogP) is 4.27. The Hall–Kier alpha value is -2.15. The summed E-state index contributed by atoms with van der Waals surface area (Å²) in [7, 11) is 0. The van der Waals surface area contributed by atoms with Gasteiger partial charge in [-0.1, -0.05) is 0 Å². The molecule has 0 saturated heterocycles. The monoisotopic (exact) mass is 313 g/mol. The molecule has 0 heterocycles. The number of hydrogen-bond donors (Lipinski definition) is 2. The van der Waals surface area contributed by atoms with E-state index >= 15 is 0 Å². The molecule has 0 unspecified atom stereocenters. The number of halogens is 3. The lowest BCUT2D eigenvalue weighted by Crippen LogP contribution is -2.07. The van der Waals surface area contributed by atoms with E-state index in [0.717, 1.165) is 6.07 Å². The van der Waals surface area contributed by atoms with Gasteiger partial charge < -0.3 is 10.4 Å². The largest absolute Gasteiger partial charge is 0.478 e. The lowest BCUT2D eigenvalue weighted by atomic mass is 10.1. The first-order chi connectivity index (χ1) is 9.93. The molecule has 0 spiro atoms. The highest BCUT2D eigenvalue weighted by Gasteiger charge is 2.19. The summed E-state index contributed by atoms with van der Waals surface area (Å²) in [6, 6.07) is 5.74. The number of anilines is 2. The van der Waals surface area contributed by atoms with Crippen LogP contribution in [0.3, 0.4) is 0 Å². The molecule has 21 heavy (non-hydrogen) atoms. The molecule has 2 aromatic carbocycles. The topological polar surface area (TPSA) is 49.3 Å². The van der Waals surface area contributed by atoms with E-state index in [1.54, 1.807) is 12.3 Å². The Labute approximate surface area is 122 Å². The van der Waals surface area contributed by atoms with Gasteiger partial charge in [-0.2, -0.15) is 0 Å². The molecule has 0 bridgehead atoms. The molecule has 0 aromatic heterocycles. The molecule has 0 saturated carbocycles. The summed E-state index contributed by atoms with van der Waals surface area (Å²) in [5.41, 5.74) is -1.24. The number of thioether (sulfide) groups is 1. The highest BCUT2D eigenvalue weighted by molar-refractivity contribution is 7.98. The van der Waals surface area contributed by atoms with Crippen LogP contribution in [0.4, 0.5) is 24.5 Å². The molecule has 110 valence electrons. The van der Waals surface area contributed by atoms with E-state index in [1.807, 2.05) is 0 Å². The maximum absolute atomic E-state index is 13.8. The molecule has 3 nitrogen and oxygen atoms in total. The first-order valence-electron chi connectivity index (χ1n) is 5.76. The van der Waals surface area contributed by atoms with Gasteiger partial charge in [-0.15, -0.1) is 11.8 Å². The molecular weight excluding hydrogens is 303 g/mol. The zero-order chi connectivity index (χ0) is 15.6. The van der Waals surface area contributed by atoms with Crippen molar-refractivity contribution < 1.29 is 23.1 Å². The summed E-state index contributed by atoms with van der Waals surface area (Å²) in [6.45, 7) is 0. The van der Waals surface area contributed by atoms with Gasteiger partial charge in [0.05, 0.1) is 16.9 Å². The molecule has 2 N–H and O–H groups in total. The van der Waals surface area contributed by atoms with Gasteiger partial charge in [0.2, 0.25) is 0 Å². The van der Waals surface area contributed by atoms with Gasteiger partial charge in [0.25, 0.3) is 0 Å².